The van der Waals surface area contributed by atoms with E-state index in [-0.39, 0.29) is 6.10 Å². The maximum absolute atomic E-state index is 9.77. The lowest BCUT2D eigenvalue weighted by Crippen LogP contribution is -1.94. The first-order valence-corrected chi connectivity index (χ1v) is 7.34. The SMILES string of the molecule is CCC(O)c1ccc(Oc2ccc3c(c2)CCC3)cc1. The van der Waals surface area contributed by atoms with Crippen LogP contribution >= 0.6 is 0 Å². The predicted molar refractivity (Wildman–Crippen MR) is 80.2 cm³/mol. The second kappa shape index (κ2) is 5.68. The van der Waals surface area contributed by atoms with E-state index in [0.717, 1.165) is 29.9 Å². The molecule has 2 aromatic carbocycles. The van der Waals surface area contributed by atoms with Crippen molar-refractivity contribution in [2.45, 2.75) is 38.7 Å². The topological polar surface area (TPSA) is 29.5 Å². The summed E-state index contributed by atoms with van der Waals surface area (Å²) in [6.45, 7) is 1.97. The molecule has 1 aliphatic carbocycles. The molecular weight excluding hydrogens is 248 g/mol. The van der Waals surface area contributed by atoms with E-state index in [4.69, 9.17) is 4.74 Å². The van der Waals surface area contributed by atoms with Crippen molar-refractivity contribution >= 4 is 0 Å². The van der Waals surface area contributed by atoms with E-state index in [9.17, 15) is 5.11 Å². The minimum atomic E-state index is -0.385. The third-order valence-electron chi connectivity index (χ3n) is 3.96. The number of aryl methyl sites for hydroxylation is 2. The van der Waals surface area contributed by atoms with Crippen LogP contribution in [0, 0.1) is 0 Å². The van der Waals surface area contributed by atoms with Gasteiger partial charge in [-0.2, -0.15) is 0 Å². The molecule has 0 amide bonds. The Morgan fingerprint density at radius 3 is 2.45 bits per heavy atom. The van der Waals surface area contributed by atoms with Gasteiger partial charge in [-0.05, 0) is 66.6 Å². The van der Waals surface area contributed by atoms with Crippen molar-refractivity contribution in [1.82, 2.24) is 0 Å². The molecule has 0 radical (unpaired) electrons. The summed E-state index contributed by atoms with van der Waals surface area (Å²) in [5.41, 5.74) is 3.81. The molecule has 0 aliphatic heterocycles. The second-order valence-electron chi connectivity index (χ2n) is 5.38. The van der Waals surface area contributed by atoms with Gasteiger partial charge in [-0.1, -0.05) is 25.1 Å². The number of ether oxygens (including phenoxy) is 1. The third-order valence-corrected chi connectivity index (χ3v) is 3.96. The zero-order valence-corrected chi connectivity index (χ0v) is 11.8. The van der Waals surface area contributed by atoms with Gasteiger partial charge in [0.25, 0.3) is 0 Å². The van der Waals surface area contributed by atoms with Gasteiger partial charge in [-0.25, -0.2) is 0 Å². The van der Waals surface area contributed by atoms with Crippen LogP contribution in [0.2, 0.25) is 0 Å². The van der Waals surface area contributed by atoms with Crippen molar-refractivity contribution in [3.63, 3.8) is 0 Å². The van der Waals surface area contributed by atoms with Gasteiger partial charge in [0.2, 0.25) is 0 Å². The Labute approximate surface area is 120 Å². The van der Waals surface area contributed by atoms with Crippen LogP contribution in [0.5, 0.6) is 11.5 Å². The summed E-state index contributed by atoms with van der Waals surface area (Å²) in [4.78, 5) is 0. The number of benzene rings is 2. The molecule has 1 atom stereocenters. The zero-order valence-electron chi connectivity index (χ0n) is 11.8. The Hall–Kier alpha value is -1.80. The van der Waals surface area contributed by atoms with Crippen LogP contribution < -0.4 is 4.74 Å². The lowest BCUT2D eigenvalue weighted by Gasteiger charge is -2.10. The number of rotatable bonds is 4. The lowest BCUT2D eigenvalue weighted by atomic mass is 10.1. The first-order chi connectivity index (χ1) is 9.76. The van der Waals surface area contributed by atoms with Crippen molar-refractivity contribution in [2.75, 3.05) is 0 Å². The lowest BCUT2D eigenvalue weighted by molar-refractivity contribution is 0.173. The predicted octanol–water partition coefficient (Wildman–Crippen LogP) is 4.41. The van der Waals surface area contributed by atoms with Crippen LogP contribution in [0.3, 0.4) is 0 Å². The highest BCUT2D eigenvalue weighted by atomic mass is 16.5. The molecule has 0 aromatic heterocycles. The van der Waals surface area contributed by atoms with Gasteiger partial charge in [-0.15, -0.1) is 0 Å². The van der Waals surface area contributed by atoms with E-state index in [0.29, 0.717) is 0 Å². The van der Waals surface area contributed by atoms with E-state index >= 15 is 0 Å². The Bertz CT molecular complexity index is 587. The normalized spacial score (nSPS) is 14.9. The van der Waals surface area contributed by atoms with Crippen LogP contribution in [0.1, 0.15) is 42.6 Å². The number of hydrogen-bond acceptors (Lipinski definition) is 2. The van der Waals surface area contributed by atoms with Crippen LogP contribution in [0.15, 0.2) is 42.5 Å². The second-order valence-corrected chi connectivity index (χ2v) is 5.38. The fourth-order valence-corrected chi connectivity index (χ4v) is 2.74. The summed E-state index contributed by atoms with van der Waals surface area (Å²) in [6, 6.07) is 14.1. The molecule has 20 heavy (non-hydrogen) atoms. The summed E-state index contributed by atoms with van der Waals surface area (Å²) in [5.74, 6) is 1.71. The van der Waals surface area contributed by atoms with E-state index in [2.05, 4.69) is 12.1 Å². The molecule has 0 saturated heterocycles. The van der Waals surface area contributed by atoms with Crippen molar-refractivity contribution < 1.29 is 9.84 Å². The third kappa shape index (κ3) is 2.70. The average Bonchev–Trinajstić information content (AvgIpc) is 2.95. The minimum absolute atomic E-state index is 0.385. The Morgan fingerprint density at radius 1 is 1.00 bits per heavy atom. The van der Waals surface area contributed by atoms with E-state index in [1.807, 2.05) is 37.3 Å². The highest BCUT2D eigenvalue weighted by Crippen LogP contribution is 2.29. The van der Waals surface area contributed by atoms with Gasteiger partial charge in [0.1, 0.15) is 11.5 Å². The van der Waals surface area contributed by atoms with Crippen molar-refractivity contribution in [1.29, 1.82) is 0 Å². The molecule has 0 heterocycles. The zero-order chi connectivity index (χ0) is 13.9. The van der Waals surface area contributed by atoms with Gasteiger partial charge in [0, 0.05) is 0 Å². The molecular formula is C18H20O2. The first kappa shape index (κ1) is 13.2. The standard InChI is InChI=1S/C18H20O2/c1-2-18(19)14-7-9-16(10-8-14)20-17-11-6-13-4-3-5-15(13)12-17/h6-12,18-19H,2-5H2,1H3. The van der Waals surface area contributed by atoms with Crippen LogP contribution in [-0.4, -0.2) is 5.11 Å². The van der Waals surface area contributed by atoms with E-state index in [1.165, 1.54) is 24.0 Å². The van der Waals surface area contributed by atoms with Gasteiger partial charge < -0.3 is 9.84 Å². The monoisotopic (exact) mass is 268 g/mol. The Balaban J connectivity index is 1.74. The van der Waals surface area contributed by atoms with Gasteiger partial charge in [0.05, 0.1) is 6.10 Å². The van der Waals surface area contributed by atoms with Gasteiger partial charge in [0.15, 0.2) is 0 Å². The van der Waals surface area contributed by atoms with Gasteiger partial charge >= 0.3 is 0 Å². The van der Waals surface area contributed by atoms with E-state index in [1.54, 1.807) is 0 Å². The molecule has 2 heteroatoms. The molecule has 2 nitrogen and oxygen atoms in total. The van der Waals surface area contributed by atoms with Crippen molar-refractivity contribution in [3.8, 4) is 11.5 Å². The number of aliphatic hydroxyl groups is 1. The Morgan fingerprint density at radius 2 is 1.70 bits per heavy atom. The number of hydrogen-bond donors (Lipinski definition) is 1. The van der Waals surface area contributed by atoms with Crippen molar-refractivity contribution in [2.24, 2.45) is 0 Å². The molecule has 0 spiro atoms. The smallest absolute Gasteiger partial charge is 0.127 e. The molecule has 1 N–H and O–H groups in total. The quantitative estimate of drug-likeness (QED) is 0.890. The summed E-state index contributed by atoms with van der Waals surface area (Å²) in [5, 5.41) is 9.77. The van der Waals surface area contributed by atoms with Crippen LogP contribution in [0.25, 0.3) is 0 Å². The summed E-state index contributed by atoms with van der Waals surface area (Å²) >= 11 is 0. The highest BCUT2D eigenvalue weighted by Gasteiger charge is 2.11. The maximum atomic E-state index is 9.77. The van der Waals surface area contributed by atoms with Crippen LogP contribution in [-0.2, 0) is 12.8 Å². The molecule has 3 rings (SSSR count). The first-order valence-electron chi connectivity index (χ1n) is 7.34. The molecule has 1 unspecified atom stereocenters. The number of fused-ring (bicyclic) bond motifs is 1. The molecule has 104 valence electrons. The number of aliphatic hydroxyl groups excluding tert-OH is 1. The fourth-order valence-electron chi connectivity index (χ4n) is 2.74. The summed E-state index contributed by atoms with van der Waals surface area (Å²) in [6.07, 6.45) is 3.95. The molecule has 1 aliphatic rings. The molecule has 0 fully saturated rings. The largest absolute Gasteiger partial charge is 0.457 e. The summed E-state index contributed by atoms with van der Waals surface area (Å²) < 4.78 is 5.89. The molecule has 0 bridgehead atoms. The minimum Gasteiger partial charge on any atom is -0.457 e. The highest BCUT2D eigenvalue weighted by molar-refractivity contribution is 5.41. The van der Waals surface area contributed by atoms with Gasteiger partial charge in [-0.3, -0.25) is 0 Å². The fraction of sp³-hybridized carbons (Fsp3) is 0.333. The molecule has 2 aromatic rings. The average molecular weight is 268 g/mol. The van der Waals surface area contributed by atoms with Crippen molar-refractivity contribution in [3.05, 3.63) is 59.2 Å². The summed E-state index contributed by atoms with van der Waals surface area (Å²) in [7, 11) is 0. The molecule has 0 saturated carbocycles. The van der Waals surface area contributed by atoms with Crippen LogP contribution in [0.4, 0.5) is 0 Å². The maximum Gasteiger partial charge on any atom is 0.127 e. The Kier molecular flexibility index (Phi) is 3.75. The van der Waals surface area contributed by atoms with E-state index < -0.39 is 0 Å².